The number of nitrogen functional groups attached to an aromatic ring is 1. The molecule has 3 heterocycles. The topological polar surface area (TPSA) is 75.9 Å². The number of nitrogens with two attached hydrogens (primary N) is 1. The number of carbonyl (C=O) groups is 2. The molecule has 6 nitrogen and oxygen atoms in total. The van der Waals surface area contributed by atoms with Crippen molar-refractivity contribution >= 4 is 34.4 Å². The molecular formula is C26H27N3O3S. The summed E-state index contributed by atoms with van der Waals surface area (Å²) in [5.74, 6) is 0.0998. The number of hydrogen-bond acceptors (Lipinski definition) is 6. The molecule has 3 aromatic rings. The minimum Gasteiger partial charge on any atom is -0.398 e. The Balaban J connectivity index is 1.29. The molecule has 1 aromatic heterocycles. The van der Waals surface area contributed by atoms with Crippen LogP contribution in [-0.2, 0) is 22.4 Å². The van der Waals surface area contributed by atoms with Gasteiger partial charge in [0, 0.05) is 54.4 Å². The van der Waals surface area contributed by atoms with E-state index in [0.29, 0.717) is 24.2 Å². The van der Waals surface area contributed by atoms with Crippen molar-refractivity contribution in [2.24, 2.45) is 0 Å². The minimum absolute atomic E-state index is 0.00652. The van der Waals surface area contributed by atoms with Crippen molar-refractivity contribution in [3.8, 4) is 10.4 Å². The summed E-state index contributed by atoms with van der Waals surface area (Å²) < 4.78 is 5.40. The zero-order valence-electron chi connectivity index (χ0n) is 18.5. The van der Waals surface area contributed by atoms with Crippen molar-refractivity contribution in [3.05, 3.63) is 70.6 Å². The molecule has 0 radical (unpaired) electrons. The zero-order chi connectivity index (χ0) is 22.8. The Morgan fingerprint density at radius 2 is 1.91 bits per heavy atom. The SMILES string of the molecule is Nc1ccc(-c2cccs2)cc1CC(=O)c1ccc2c(c1)CC(=O)N2CCN1CCOCC1. The molecule has 33 heavy (non-hydrogen) atoms. The number of benzene rings is 2. The van der Waals surface area contributed by atoms with E-state index < -0.39 is 0 Å². The van der Waals surface area contributed by atoms with Crippen molar-refractivity contribution in [2.45, 2.75) is 12.8 Å². The first-order valence-corrected chi connectivity index (χ1v) is 12.2. The maximum absolute atomic E-state index is 13.1. The first-order chi connectivity index (χ1) is 16.1. The smallest absolute Gasteiger partial charge is 0.231 e. The van der Waals surface area contributed by atoms with E-state index in [1.807, 2.05) is 52.7 Å². The molecule has 2 aliphatic heterocycles. The fourth-order valence-corrected chi connectivity index (χ4v) is 5.22. The van der Waals surface area contributed by atoms with Crippen LogP contribution in [0.25, 0.3) is 10.4 Å². The number of hydrogen-bond donors (Lipinski definition) is 1. The van der Waals surface area contributed by atoms with Crippen LogP contribution in [0.2, 0.25) is 0 Å². The Bertz CT molecular complexity index is 1170. The predicted octanol–water partition coefficient (Wildman–Crippen LogP) is 3.64. The third kappa shape index (κ3) is 4.71. The minimum atomic E-state index is 0.00652. The van der Waals surface area contributed by atoms with Crippen LogP contribution in [0.1, 0.15) is 21.5 Å². The van der Waals surface area contributed by atoms with Gasteiger partial charge in [-0.2, -0.15) is 0 Å². The van der Waals surface area contributed by atoms with E-state index in [2.05, 4.69) is 11.0 Å². The molecular weight excluding hydrogens is 434 g/mol. The van der Waals surface area contributed by atoms with Gasteiger partial charge < -0.3 is 15.4 Å². The van der Waals surface area contributed by atoms with Gasteiger partial charge in [-0.05, 0) is 58.5 Å². The number of nitrogens with zero attached hydrogens (tertiary/aromatic N) is 2. The van der Waals surface area contributed by atoms with Gasteiger partial charge in [0.15, 0.2) is 5.78 Å². The summed E-state index contributed by atoms with van der Waals surface area (Å²) in [6, 6.07) is 15.6. The summed E-state index contributed by atoms with van der Waals surface area (Å²) in [6.07, 6.45) is 0.577. The Kier molecular flexibility index (Phi) is 6.26. The third-order valence-electron chi connectivity index (χ3n) is 6.38. The Labute approximate surface area is 197 Å². The molecule has 2 aliphatic rings. The molecule has 1 amide bonds. The molecule has 2 N–H and O–H groups in total. The van der Waals surface area contributed by atoms with Gasteiger partial charge in [0.25, 0.3) is 0 Å². The third-order valence-corrected chi connectivity index (χ3v) is 7.30. The first-order valence-electron chi connectivity index (χ1n) is 11.3. The molecule has 5 rings (SSSR count). The number of rotatable bonds is 7. The van der Waals surface area contributed by atoms with E-state index >= 15 is 0 Å². The summed E-state index contributed by atoms with van der Waals surface area (Å²) in [4.78, 5) is 31.1. The van der Waals surface area contributed by atoms with Crippen molar-refractivity contribution in [1.29, 1.82) is 0 Å². The van der Waals surface area contributed by atoms with Gasteiger partial charge in [-0.1, -0.05) is 12.1 Å². The van der Waals surface area contributed by atoms with E-state index in [9.17, 15) is 9.59 Å². The summed E-state index contributed by atoms with van der Waals surface area (Å²) >= 11 is 1.66. The van der Waals surface area contributed by atoms with E-state index in [1.54, 1.807) is 11.3 Å². The number of thiophene rings is 1. The highest BCUT2D eigenvalue weighted by Crippen LogP contribution is 2.31. The molecule has 2 aromatic carbocycles. The second-order valence-corrected chi connectivity index (χ2v) is 9.46. The highest BCUT2D eigenvalue weighted by Gasteiger charge is 2.28. The van der Waals surface area contributed by atoms with Crippen molar-refractivity contribution in [3.63, 3.8) is 0 Å². The predicted molar refractivity (Wildman–Crippen MR) is 132 cm³/mol. The molecule has 7 heteroatoms. The number of fused-ring (bicyclic) bond motifs is 1. The molecule has 0 spiro atoms. The fourth-order valence-electron chi connectivity index (χ4n) is 4.50. The van der Waals surface area contributed by atoms with Crippen molar-refractivity contribution < 1.29 is 14.3 Å². The standard InChI is InChI=1S/C26H27N3O3S/c27-22-5-3-19(25-2-1-13-33-25)15-20(22)16-24(30)18-4-6-23-21(14-18)17-26(31)29(23)8-7-28-9-11-32-12-10-28/h1-6,13-15H,7-12,16-17,27H2. The van der Waals surface area contributed by atoms with E-state index in [-0.39, 0.29) is 18.1 Å². The van der Waals surface area contributed by atoms with Gasteiger partial charge in [-0.15, -0.1) is 11.3 Å². The molecule has 0 unspecified atom stereocenters. The highest BCUT2D eigenvalue weighted by atomic mass is 32.1. The van der Waals surface area contributed by atoms with Gasteiger partial charge >= 0.3 is 0 Å². The molecule has 0 atom stereocenters. The van der Waals surface area contributed by atoms with Crippen LogP contribution in [0.5, 0.6) is 0 Å². The molecule has 1 fully saturated rings. The van der Waals surface area contributed by atoms with Crippen LogP contribution in [0, 0.1) is 0 Å². The lowest BCUT2D eigenvalue weighted by atomic mass is 9.98. The van der Waals surface area contributed by atoms with Gasteiger partial charge in [0.1, 0.15) is 0 Å². The van der Waals surface area contributed by atoms with Gasteiger partial charge in [0.2, 0.25) is 5.91 Å². The highest BCUT2D eigenvalue weighted by molar-refractivity contribution is 7.13. The summed E-state index contributed by atoms with van der Waals surface area (Å²) in [7, 11) is 0. The van der Waals surface area contributed by atoms with Crippen LogP contribution < -0.4 is 10.6 Å². The summed E-state index contributed by atoms with van der Waals surface area (Å²) in [5, 5.41) is 2.03. The number of ketones is 1. The van der Waals surface area contributed by atoms with Crippen LogP contribution >= 0.6 is 11.3 Å². The van der Waals surface area contributed by atoms with Crippen LogP contribution in [0.15, 0.2) is 53.9 Å². The Hall–Kier alpha value is -3.00. The zero-order valence-corrected chi connectivity index (χ0v) is 19.3. The number of carbonyl (C=O) groups excluding carboxylic acids is 2. The summed E-state index contributed by atoms with van der Waals surface area (Å²) in [6.45, 7) is 4.78. The normalized spacial score (nSPS) is 16.2. The quantitative estimate of drug-likeness (QED) is 0.429. The van der Waals surface area contributed by atoms with Crippen LogP contribution in [-0.4, -0.2) is 56.0 Å². The largest absolute Gasteiger partial charge is 0.398 e. The number of amides is 1. The fraction of sp³-hybridized carbons (Fsp3) is 0.308. The van der Waals surface area contributed by atoms with E-state index in [4.69, 9.17) is 10.5 Å². The second-order valence-electron chi connectivity index (χ2n) is 8.51. The van der Waals surface area contributed by atoms with Crippen LogP contribution in [0.4, 0.5) is 11.4 Å². The Morgan fingerprint density at radius 1 is 1.06 bits per heavy atom. The maximum atomic E-state index is 13.1. The lowest BCUT2D eigenvalue weighted by Gasteiger charge is -2.28. The first kappa shape index (κ1) is 21.8. The van der Waals surface area contributed by atoms with E-state index in [0.717, 1.165) is 60.1 Å². The van der Waals surface area contributed by atoms with E-state index in [1.165, 1.54) is 0 Å². The van der Waals surface area contributed by atoms with Crippen LogP contribution in [0.3, 0.4) is 0 Å². The molecule has 0 bridgehead atoms. The number of anilines is 2. The molecule has 170 valence electrons. The number of morpholine rings is 1. The second kappa shape index (κ2) is 9.47. The van der Waals surface area contributed by atoms with Gasteiger partial charge in [0.05, 0.1) is 19.6 Å². The average Bonchev–Trinajstić information content (AvgIpc) is 3.47. The Morgan fingerprint density at radius 3 is 2.70 bits per heavy atom. The molecule has 0 aliphatic carbocycles. The van der Waals surface area contributed by atoms with Crippen molar-refractivity contribution in [1.82, 2.24) is 4.90 Å². The lowest BCUT2D eigenvalue weighted by Crippen LogP contribution is -2.42. The van der Waals surface area contributed by atoms with Gasteiger partial charge in [-0.25, -0.2) is 0 Å². The maximum Gasteiger partial charge on any atom is 0.231 e. The average molecular weight is 462 g/mol. The molecule has 0 saturated carbocycles. The van der Waals surface area contributed by atoms with Gasteiger partial charge in [-0.3, -0.25) is 14.5 Å². The monoisotopic (exact) mass is 461 g/mol. The lowest BCUT2D eigenvalue weighted by molar-refractivity contribution is -0.117. The van der Waals surface area contributed by atoms with Crippen molar-refractivity contribution in [2.75, 3.05) is 50.0 Å². The number of Topliss-reactive ketones (excluding diaryl/α,β-unsaturated/α-hetero) is 1. The number of ether oxygens (including phenoxy) is 1. The summed E-state index contributed by atoms with van der Waals surface area (Å²) in [5.41, 5.74) is 11.2. The molecule has 1 saturated heterocycles.